The van der Waals surface area contributed by atoms with Crippen LogP contribution in [-0.4, -0.2) is 9.97 Å². The smallest absolute Gasteiger partial charge is 0.0972 e. The minimum Gasteiger partial charge on any atom is -0.254 e. The number of benzene rings is 6. The van der Waals surface area contributed by atoms with Gasteiger partial charge in [0.1, 0.15) is 0 Å². The van der Waals surface area contributed by atoms with Crippen LogP contribution in [0.2, 0.25) is 0 Å². The van der Waals surface area contributed by atoms with E-state index in [1.807, 2.05) is 0 Å². The zero-order valence-corrected chi connectivity index (χ0v) is 23.3. The van der Waals surface area contributed by atoms with Crippen molar-refractivity contribution in [3.8, 4) is 43.3 Å². The number of pyridine rings is 2. The highest BCUT2D eigenvalue weighted by Gasteiger charge is 2.14. The molecule has 6 aromatic carbocycles. The molecule has 0 saturated heterocycles. The van der Waals surface area contributed by atoms with Crippen LogP contribution in [0.5, 0.6) is 0 Å². The molecule has 0 aliphatic heterocycles. The van der Waals surface area contributed by atoms with E-state index in [2.05, 4.69) is 9.97 Å². The summed E-state index contributed by atoms with van der Waals surface area (Å²) in [6.07, 6.45) is -0.728. The zero-order chi connectivity index (χ0) is 50.6. The summed E-state index contributed by atoms with van der Waals surface area (Å²) in [6, 6.07) is -14.2. The van der Waals surface area contributed by atoms with Crippen molar-refractivity contribution in [2.45, 2.75) is 0 Å². The van der Waals surface area contributed by atoms with Crippen molar-refractivity contribution >= 4 is 54.7 Å². The number of nitrogens with zero attached hydrogens (tertiary/aromatic N) is 2. The molecule has 0 spiro atoms. The normalized spacial score (nSPS) is 19.0. The molecule has 0 saturated carbocycles. The summed E-state index contributed by atoms with van der Waals surface area (Å²) in [6.45, 7) is 0. The summed E-state index contributed by atoms with van der Waals surface area (Å²) in [4.78, 5) is 8.36. The van der Waals surface area contributed by atoms with Crippen LogP contribution in [0.15, 0.2) is 157 Å². The molecule has 0 aliphatic carbocycles. The van der Waals surface area contributed by atoms with Gasteiger partial charge in [-0.05, 0) is 74.0 Å². The van der Waals surface area contributed by atoms with Crippen molar-refractivity contribution in [2.24, 2.45) is 0 Å². The van der Waals surface area contributed by atoms with Gasteiger partial charge in [-0.2, -0.15) is 0 Å². The Hall–Kier alpha value is -5.64. The Morgan fingerprint density at radius 2 is 1.20 bits per heavy atom. The molecule has 3 heterocycles. The van der Waals surface area contributed by atoms with E-state index in [1.54, 1.807) is 0 Å². The van der Waals surface area contributed by atoms with Gasteiger partial charge in [0.2, 0.25) is 0 Å². The third kappa shape index (κ3) is 4.40. The van der Waals surface area contributed by atoms with Crippen molar-refractivity contribution < 1.29 is 32.9 Å². The van der Waals surface area contributed by atoms with E-state index < -0.39 is 189 Å². The molecular weight excluding hydrogens is 565 g/mol. The standard InChI is InChI=1S/C42H26N2S/c1-2-13-32-27(8-1)9-6-16-37(32)40-24-23-39(45-40)31-11-5-10-30(26-31)33-20-21-36(35-15-4-3-14-34(33)35)38-22-19-29-18-17-28-12-7-25-43-41(28)42(29)44-38/h1-26H/i1D,2D,3D,4D,5D,6D,7D,8D,9D,10D,12D,13D,14D,15D,16D,17D,18D,19D,20D,21D,22D,23D,25D,26D. The van der Waals surface area contributed by atoms with Gasteiger partial charge < -0.3 is 0 Å². The van der Waals surface area contributed by atoms with Crippen molar-refractivity contribution in [1.82, 2.24) is 9.97 Å². The summed E-state index contributed by atoms with van der Waals surface area (Å²) < 4.78 is 211. The molecule has 45 heavy (non-hydrogen) atoms. The van der Waals surface area contributed by atoms with E-state index in [0.29, 0.717) is 11.3 Å². The van der Waals surface area contributed by atoms with Crippen LogP contribution < -0.4 is 0 Å². The summed E-state index contributed by atoms with van der Waals surface area (Å²) >= 11 is 0.710. The predicted octanol–water partition coefficient (Wildman–Crippen LogP) is 11.8. The first-order valence-electron chi connectivity index (χ1n) is 25.2. The Labute approximate surface area is 298 Å². The van der Waals surface area contributed by atoms with Crippen molar-refractivity contribution in [3.05, 3.63) is 157 Å². The molecule has 0 fully saturated rings. The predicted molar refractivity (Wildman–Crippen MR) is 192 cm³/mol. The van der Waals surface area contributed by atoms with Gasteiger partial charge in [-0.3, -0.25) is 4.98 Å². The van der Waals surface area contributed by atoms with Crippen molar-refractivity contribution in [1.29, 1.82) is 0 Å². The van der Waals surface area contributed by atoms with Gasteiger partial charge in [-0.25, -0.2) is 4.98 Å². The van der Waals surface area contributed by atoms with Crippen molar-refractivity contribution in [2.75, 3.05) is 0 Å². The second-order valence-corrected chi connectivity index (χ2v) is 10.6. The monoisotopic (exact) mass is 614 g/mol. The quantitative estimate of drug-likeness (QED) is 0.184. The molecule has 0 amide bonds. The van der Waals surface area contributed by atoms with Gasteiger partial charge in [0.05, 0.1) is 49.6 Å². The Morgan fingerprint density at radius 3 is 2.11 bits per heavy atom. The summed E-state index contributed by atoms with van der Waals surface area (Å²) in [5, 5.41) is -2.60. The maximum Gasteiger partial charge on any atom is 0.0972 e. The molecule has 210 valence electrons. The summed E-state index contributed by atoms with van der Waals surface area (Å²) in [5.74, 6) is 0. The van der Waals surface area contributed by atoms with E-state index in [4.69, 9.17) is 28.8 Å². The number of aromatic nitrogens is 2. The Bertz CT molecular complexity index is 3900. The van der Waals surface area contributed by atoms with Crippen LogP contribution >= 0.6 is 11.3 Å². The fourth-order valence-corrected chi connectivity index (χ4v) is 5.85. The molecule has 3 aromatic heterocycles. The van der Waals surface area contributed by atoms with E-state index >= 15 is 0 Å². The first-order chi connectivity index (χ1) is 32.3. The lowest BCUT2D eigenvalue weighted by atomic mass is 9.92. The van der Waals surface area contributed by atoms with E-state index in [9.17, 15) is 4.11 Å². The van der Waals surface area contributed by atoms with Crippen LogP contribution in [0, 0.1) is 0 Å². The highest BCUT2D eigenvalue weighted by molar-refractivity contribution is 7.18. The molecule has 9 aromatic rings. The van der Waals surface area contributed by atoms with Gasteiger partial charge >= 0.3 is 0 Å². The number of hydrogen-bond donors (Lipinski definition) is 0. The van der Waals surface area contributed by atoms with Crippen LogP contribution in [0.4, 0.5) is 0 Å². The number of hydrogen-bond acceptors (Lipinski definition) is 3. The fraction of sp³-hybridized carbons (Fsp3) is 0. The Kier molecular flexibility index (Phi) is 2.66. The lowest BCUT2D eigenvalue weighted by Crippen LogP contribution is -1.91. The maximum atomic E-state index is 9.56. The van der Waals surface area contributed by atoms with Gasteiger partial charge in [0.15, 0.2) is 0 Å². The van der Waals surface area contributed by atoms with Gasteiger partial charge in [-0.15, -0.1) is 11.3 Å². The molecule has 0 radical (unpaired) electrons. The first kappa shape index (κ1) is 11.4. The number of thiophene rings is 1. The second-order valence-electron chi connectivity index (χ2n) is 9.54. The van der Waals surface area contributed by atoms with Gasteiger partial charge in [-0.1, -0.05) is 121 Å². The fourth-order valence-electron chi connectivity index (χ4n) is 4.92. The molecule has 0 N–H and O–H groups in total. The third-order valence-corrected chi connectivity index (χ3v) is 8.04. The lowest BCUT2D eigenvalue weighted by Gasteiger charge is -2.13. The Morgan fingerprint density at radius 1 is 0.467 bits per heavy atom. The zero-order valence-electron chi connectivity index (χ0n) is 46.5. The molecule has 0 aliphatic rings. The molecular formula is C42H26N2S. The highest BCUT2D eigenvalue weighted by Crippen LogP contribution is 2.40. The average molecular weight is 615 g/mol. The summed E-state index contributed by atoms with van der Waals surface area (Å²) in [5.41, 5.74) is -3.78. The first-order valence-corrected chi connectivity index (χ1v) is 14.0. The maximum absolute atomic E-state index is 9.56. The van der Waals surface area contributed by atoms with Crippen molar-refractivity contribution in [3.63, 3.8) is 0 Å². The second kappa shape index (κ2) is 10.5. The van der Waals surface area contributed by atoms with Crippen LogP contribution in [0.25, 0.3) is 86.6 Å². The minimum atomic E-state index is -0.906. The van der Waals surface area contributed by atoms with Gasteiger partial charge in [0, 0.05) is 32.3 Å². The number of fused-ring (bicyclic) bond motifs is 5. The highest BCUT2D eigenvalue weighted by atomic mass is 32.1. The summed E-state index contributed by atoms with van der Waals surface area (Å²) in [7, 11) is 0. The average Bonchev–Trinajstić information content (AvgIpc) is 3.69. The largest absolute Gasteiger partial charge is 0.254 e. The molecule has 0 unspecified atom stereocenters. The Balaban J connectivity index is 1.37. The SMILES string of the molecule is [2H]c1cc(-c2c([2H])c([2H])c([2H])c3c([2H])c([2H])c([2H])c([2H])c23)sc1-c1cc([2H])c([2H])c(-c2c([2H])c([2H])c(-c3nc4c(c([2H])c3[2H])c([2H])c([2H])c3c([2H])c([2H])c([2H])nc34)c3c([2H])c([2H])c([2H])c([2H])c23)c1[2H]. The molecule has 9 rings (SSSR count). The van der Waals surface area contributed by atoms with E-state index in [0.717, 1.165) is 6.07 Å². The third-order valence-electron chi connectivity index (χ3n) is 6.96. The van der Waals surface area contributed by atoms with Crippen LogP contribution in [0.1, 0.15) is 32.9 Å². The lowest BCUT2D eigenvalue weighted by molar-refractivity contribution is 1.37. The molecule has 0 atom stereocenters. The van der Waals surface area contributed by atoms with Crippen LogP contribution in [0.3, 0.4) is 0 Å². The minimum absolute atomic E-state index is 0.00940. The topological polar surface area (TPSA) is 25.8 Å². The van der Waals surface area contributed by atoms with Crippen LogP contribution in [-0.2, 0) is 0 Å². The van der Waals surface area contributed by atoms with E-state index in [1.165, 1.54) is 6.07 Å². The molecule has 2 nitrogen and oxygen atoms in total. The molecule has 3 heteroatoms. The number of rotatable bonds is 4. The van der Waals surface area contributed by atoms with E-state index in [-0.39, 0.29) is 43.2 Å². The molecule has 0 bridgehead atoms. The van der Waals surface area contributed by atoms with Gasteiger partial charge in [0.25, 0.3) is 0 Å².